The average molecular weight is 330 g/mol. The van der Waals surface area contributed by atoms with Gasteiger partial charge in [0.05, 0.1) is 16.9 Å². The highest BCUT2D eigenvalue weighted by Crippen LogP contribution is 2.33. The molecule has 5 heteroatoms. The Bertz CT molecular complexity index is 544. The van der Waals surface area contributed by atoms with Crippen molar-refractivity contribution in [1.82, 2.24) is 5.32 Å². The fraction of sp³-hybridized carbons (Fsp3) is 0.231. The van der Waals surface area contributed by atoms with Crippen molar-refractivity contribution in [2.45, 2.75) is 6.04 Å². The molecule has 0 bridgehead atoms. The van der Waals surface area contributed by atoms with E-state index in [1.807, 2.05) is 19.2 Å². The molecule has 0 saturated carbocycles. The second kappa shape index (κ2) is 5.82. The molecule has 18 heavy (non-hydrogen) atoms. The Hall–Kier alpha value is -0.910. The van der Waals surface area contributed by atoms with Gasteiger partial charge in [0.25, 0.3) is 0 Å². The van der Waals surface area contributed by atoms with Crippen LogP contribution < -0.4 is 10.1 Å². The fourth-order valence-electron chi connectivity index (χ4n) is 1.80. The van der Waals surface area contributed by atoms with Gasteiger partial charge in [-0.15, -0.1) is 11.3 Å². The van der Waals surface area contributed by atoms with Crippen molar-refractivity contribution in [2.75, 3.05) is 14.2 Å². The molecule has 1 unspecified atom stereocenters. The minimum atomic E-state index is -0.266. The molecule has 0 aliphatic heterocycles. The van der Waals surface area contributed by atoms with E-state index in [1.54, 1.807) is 23.5 Å². The molecule has 0 radical (unpaired) electrons. The van der Waals surface area contributed by atoms with Gasteiger partial charge >= 0.3 is 0 Å². The van der Waals surface area contributed by atoms with Crippen LogP contribution in [0.25, 0.3) is 0 Å². The largest absolute Gasteiger partial charge is 0.497 e. The van der Waals surface area contributed by atoms with Gasteiger partial charge in [0.2, 0.25) is 0 Å². The van der Waals surface area contributed by atoms with Gasteiger partial charge in [0.1, 0.15) is 11.6 Å². The summed E-state index contributed by atoms with van der Waals surface area (Å²) < 4.78 is 20.1. The summed E-state index contributed by atoms with van der Waals surface area (Å²) in [5.74, 6) is 0.261. The van der Waals surface area contributed by atoms with Gasteiger partial charge in [-0.3, -0.25) is 0 Å². The monoisotopic (exact) mass is 329 g/mol. The number of benzene rings is 1. The molecule has 1 N–H and O–H groups in total. The molecule has 2 rings (SSSR count). The Morgan fingerprint density at radius 2 is 2.11 bits per heavy atom. The van der Waals surface area contributed by atoms with Crippen molar-refractivity contribution in [2.24, 2.45) is 0 Å². The topological polar surface area (TPSA) is 21.3 Å². The second-order valence-electron chi connectivity index (χ2n) is 3.75. The zero-order valence-corrected chi connectivity index (χ0v) is 12.4. The van der Waals surface area contributed by atoms with Gasteiger partial charge in [-0.1, -0.05) is 6.07 Å². The van der Waals surface area contributed by atoms with Crippen LogP contribution in [0.1, 0.15) is 16.5 Å². The average Bonchev–Trinajstić information content (AvgIpc) is 2.78. The van der Waals surface area contributed by atoms with Crippen LogP contribution in [0.3, 0.4) is 0 Å². The van der Waals surface area contributed by atoms with Crippen molar-refractivity contribution < 1.29 is 9.13 Å². The molecular weight excluding hydrogens is 317 g/mol. The second-order valence-corrected chi connectivity index (χ2v) is 6.25. The van der Waals surface area contributed by atoms with Gasteiger partial charge in [0, 0.05) is 16.5 Å². The highest BCUT2D eigenvalue weighted by atomic mass is 79.9. The highest BCUT2D eigenvalue weighted by Gasteiger charge is 2.18. The summed E-state index contributed by atoms with van der Waals surface area (Å²) in [6.07, 6.45) is 0. The zero-order valence-electron chi connectivity index (χ0n) is 10.0. The molecule has 1 heterocycles. The van der Waals surface area contributed by atoms with Crippen LogP contribution in [0.15, 0.2) is 34.1 Å². The number of nitrogens with one attached hydrogen (secondary N) is 1. The molecule has 0 aliphatic carbocycles. The van der Waals surface area contributed by atoms with Crippen LogP contribution in [0, 0.1) is 5.82 Å². The minimum absolute atomic E-state index is 0.146. The van der Waals surface area contributed by atoms with Gasteiger partial charge < -0.3 is 10.1 Å². The summed E-state index contributed by atoms with van der Waals surface area (Å²) in [7, 11) is 3.35. The fourth-order valence-corrected chi connectivity index (χ4v) is 3.36. The first-order chi connectivity index (χ1) is 8.65. The predicted molar refractivity (Wildman–Crippen MR) is 75.9 cm³/mol. The van der Waals surface area contributed by atoms with Crippen LogP contribution in [0.4, 0.5) is 4.39 Å². The summed E-state index contributed by atoms with van der Waals surface area (Å²) in [5.41, 5.74) is 0.618. The number of methoxy groups -OCH3 is 1. The molecule has 1 aromatic carbocycles. The first-order valence-electron chi connectivity index (χ1n) is 5.41. The number of hydrogen-bond donors (Lipinski definition) is 1. The lowest BCUT2D eigenvalue weighted by Gasteiger charge is -2.16. The van der Waals surface area contributed by atoms with E-state index in [0.717, 1.165) is 8.66 Å². The van der Waals surface area contributed by atoms with E-state index < -0.39 is 0 Å². The van der Waals surface area contributed by atoms with Crippen molar-refractivity contribution in [1.29, 1.82) is 0 Å². The predicted octanol–water partition coefficient (Wildman–Crippen LogP) is 3.97. The SMILES string of the molecule is CNC(c1ccc(Br)s1)c1ccc(OC)cc1F. The lowest BCUT2D eigenvalue weighted by Crippen LogP contribution is -2.17. The maximum atomic E-state index is 14.0. The zero-order chi connectivity index (χ0) is 13.1. The number of thiophene rings is 1. The third-order valence-corrected chi connectivity index (χ3v) is 4.37. The Kier molecular flexibility index (Phi) is 4.37. The van der Waals surface area contributed by atoms with E-state index in [2.05, 4.69) is 21.2 Å². The molecule has 0 amide bonds. The van der Waals surface area contributed by atoms with Gasteiger partial charge in [-0.05, 0) is 41.2 Å². The Morgan fingerprint density at radius 1 is 1.33 bits per heavy atom. The third kappa shape index (κ3) is 2.74. The van der Waals surface area contributed by atoms with E-state index in [-0.39, 0.29) is 11.9 Å². The van der Waals surface area contributed by atoms with Crippen molar-refractivity contribution in [3.05, 3.63) is 50.4 Å². The maximum absolute atomic E-state index is 14.0. The van der Waals surface area contributed by atoms with Crippen LogP contribution in [-0.4, -0.2) is 14.2 Å². The Morgan fingerprint density at radius 3 is 2.61 bits per heavy atom. The first kappa shape index (κ1) is 13.5. The summed E-state index contributed by atoms with van der Waals surface area (Å²) in [5, 5.41) is 3.14. The van der Waals surface area contributed by atoms with E-state index in [9.17, 15) is 4.39 Å². The van der Waals surface area contributed by atoms with Crippen LogP contribution in [0.2, 0.25) is 0 Å². The Labute approximate surface area is 118 Å². The molecule has 2 aromatic rings. The molecule has 1 atom stereocenters. The molecule has 0 spiro atoms. The number of hydrogen-bond acceptors (Lipinski definition) is 3. The minimum Gasteiger partial charge on any atom is -0.497 e. The van der Waals surface area contributed by atoms with E-state index >= 15 is 0 Å². The highest BCUT2D eigenvalue weighted by molar-refractivity contribution is 9.11. The summed E-state index contributed by atoms with van der Waals surface area (Å²) in [6.45, 7) is 0. The lowest BCUT2D eigenvalue weighted by atomic mass is 10.0. The van der Waals surface area contributed by atoms with Crippen LogP contribution in [-0.2, 0) is 0 Å². The van der Waals surface area contributed by atoms with Crippen molar-refractivity contribution in [3.63, 3.8) is 0 Å². The van der Waals surface area contributed by atoms with E-state index in [1.165, 1.54) is 13.2 Å². The number of halogens is 2. The molecular formula is C13H13BrFNOS. The summed E-state index contributed by atoms with van der Waals surface area (Å²) >= 11 is 5.01. The van der Waals surface area contributed by atoms with Gasteiger partial charge in [-0.2, -0.15) is 0 Å². The van der Waals surface area contributed by atoms with E-state index in [4.69, 9.17) is 4.74 Å². The van der Waals surface area contributed by atoms with Crippen molar-refractivity contribution in [3.8, 4) is 5.75 Å². The number of rotatable bonds is 4. The van der Waals surface area contributed by atoms with Crippen LogP contribution in [0.5, 0.6) is 5.75 Å². The molecule has 1 aromatic heterocycles. The molecule has 0 saturated heterocycles. The third-order valence-electron chi connectivity index (χ3n) is 2.69. The van der Waals surface area contributed by atoms with Gasteiger partial charge in [0.15, 0.2) is 0 Å². The lowest BCUT2D eigenvalue weighted by molar-refractivity contribution is 0.410. The molecule has 0 fully saturated rings. The normalized spacial score (nSPS) is 12.4. The quantitative estimate of drug-likeness (QED) is 0.916. The summed E-state index contributed by atoms with van der Waals surface area (Å²) in [4.78, 5) is 1.06. The Balaban J connectivity index is 2.39. The van der Waals surface area contributed by atoms with E-state index in [0.29, 0.717) is 11.3 Å². The van der Waals surface area contributed by atoms with Gasteiger partial charge in [-0.25, -0.2) is 4.39 Å². The maximum Gasteiger partial charge on any atom is 0.132 e. The van der Waals surface area contributed by atoms with Crippen molar-refractivity contribution >= 4 is 27.3 Å². The molecule has 96 valence electrons. The molecule has 2 nitrogen and oxygen atoms in total. The smallest absolute Gasteiger partial charge is 0.132 e. The van der Waals surface area contributed by atoms with Crippen LogP contribution >= 0.6 is 27.3 Å². The first-order valence-corrected chi connectivity index (χ1v) is 7.02. The standard InChI is InChI=1S/C13H13BrFNOS/c1-16-13(11-5-6-12(14)18-11)9-4-3-8(17-2)7-10(9)15/h3-7,13,16H,1-2H3. The molecule has 0 aliphatic rings. The summed E-state index contributed by atoms with van der Waals surface area (Å²) in [6, 6.07) is 8.73. The number of ether oxygens (including phenoxy) is 1.